The third-order valence-electron chi connectivity index (χ3n) is 3.91. The number of ether oxygens (including phenoxy) is 1. The van der Waals surface area contributed by atoms with Crippen molar-refractivity contribution in [3.05, 3.63) is 18.2 Å². The van der Waals surface area contributed by atoms with Crippen LogP contribution < -0.4 is 0 Å². The molecule has 0 bridgehead atoms. The van der Waals surface area contributed by atoms with Gasteiger partial charge in [-0.05, 0) is 39.8 Å². The summed E-state index contributed by atoms with van der Waals surface area (Å²) in [5.41, 5.74) is 0. The molecule has 1 saturated heterocycles. The monoisotopic (exact) mass is 294 g/mol. The van der Waals surface area contributed by atoms with Gasteiger partial charge < -0.3 is 19.1 Å². The standard InChI is InChI=1S/C15H26N4O2/c1-3-21-15(20)19-10-5-8-17(12-13-19)7-4-9-18-11-6-16-14(18)2/h6,11H,3-5,7-10,12-13H2,1-2H3. The van der Waals surface area contributed by atoms with Gasteiger partial charge in [-0.1, -0.05) is 0 Å². The Labute approximate surface area is 126 Å². The van der Waals surface area contributed by atoms with Crippen molar-refractivity contribution in [3.8, 4) is 0 Å². The Morgan fingerprint density at radius 1 is 1.29 bits per heavy atom. The summed E-state index contributed by atoms with van der Waals surface area (Å²) in [4.78, 5) is 20.2. The molecule has 2 heterocycles. The lowest BCUT2D eigenvalue weighted by Gasteiger charge is -2.21. The quantitative estimate of drug-likeness (QED) is 0.830. The number of aromatic nitrogens is 2. The summed E-state index contributed by atoms with van der Waals surface area (Å²) in [5.74, 6) is 1.07. The summed E-state index contributed by atoms with van der Waals surface area (Å²) in [6, 6.07) is 0. The van der Waals surface area contributed by atoms with E-state index in [4.69, 9.17) is 4.74 Å². The van der Waals surface area contributed by atoms with Crippen molar-refractivity contribution in [2.24, 2.45) is 0 Å². The van der Waals surface area contributed by atoms with Gasteiger partial charge in [0.15, 0.2) is 0 Å². The molecule has 1 aromatic rings. The predicted molar refractivity (Wildman–Crippen MR) is 81.2 cm³/mol. The van der Waals surface area contributed by atoms with Crippen molar-refractivity contribution >= 4 is 6.09 Å². The van der Waals surface area contributed by atoms with Crippen molar-refractivity contribution < 1.29 is 9.53 Å². The number of aryl methyl sites for hydroxylation is 2. The molecule has 1 aromatic heterocycles. The highest BCUT2D eigenvalue weighted by Crippen LogP contribution is 2.06. The van der Waals surface area contributed by atoms with Gasteiger partial charge in [-0.2, -0.15) is 0 Å². The average Bonchev–Trinajstić information content (AvgIpc) is 2.74. The summed E-state index contributed by atoms with van der Waals surface area (Å²) >= 11 is 0. The molecule has 6 nitrogen and oxygen atoms in total. The summed E-state index contributed by atoms with van der Waals surface area (Å²) in [5, 5.41) is 0. The largest absolute Gasteiger partial charge is 0.450 e. The lowest BCUT2D eigenvalue weighted by atomic mass is 10.3. The van der Waals surface area contributed by atoms with Gasteiger partial charge in [0.1, 0.15) is 5.82 Å². The Kier molecular flexibility index (Phi) is 6.04. The molecule has 2 rings (SSSR count). The molecule has 0 atom stereocenters. The van der Waals surface area contributed by atoms with Crippen LogP contribution in [0.1, 0.15) is 25.6 Å². The first kappa shape index (κ1) is 15.8. The lowest BCUT2D eigenvalue weighted by Crippen LogP contribution is -2.35. The van der Waals surface area contributed by atoms with Crippen LogP contribution in [0.5, 0.6) is 0 Å². The van der Waals surface area contributed by atoms with Crippen LogP contribution in [-0.2, 0) is 11.3 Å². The number of amides is 1. The molecule has 0 unspecified atom stereocenters. The maximum Gasteiger partial charge on any atom is 0.409 e. The summed E-state index contributed by atoms with van der Waals surface area (Å²) < 4.78 is 7.26. The molecule has 1 aliphatic heterocycles. The molecule has 0 aromatic carbocycles. The van der Waals surface area contributed by atoms with Gasteiger partial charge in [0, 0.05) is 38.6 Å². The Hall–Kier alpha value is -1.56. The zero-order chi connectivity index (χ0) is 15.1. The number of carbonyl (C=O) groups is 1. The highest BCUT2D eigenvalue weighted by molar-refractivity contribution is 5.67. The normalized spacial score (nSPS) is 16.8. The average molecular weight is 294 g/mol. The summed E-state index contributed by atoms with van der Waals surface area (Å²) in [7, 11) is 0. The Balaban J connectivity index is 1.71. The zero-order valence-corrected chi connectivity index (χ0v) is 13.1. The van der Waals surface area contributed by atoms with E-state index in [1.807, 2.05) is 31.1 Å². The van der Waals surface area contributed by atoms with Crippen LogP contribution in [0.15, 0.2) is 12.4 Å². The van der Waals surface area contributed by atoms with Crippen LogP contribution in [0.25, 0.3) is 0 Å². The lowest BCUT2D eigenvalue weighted by molar-refractivity contribution is 0.108. The first-order valence-electron chi connectivity index (χ1n) is 7.82. The van der Waals surface area contributed by atoms with Gasteiger partial charge in [-0.15, -0.1) is 0 Å². The predicted octanol–water partition coefficient (Wildman–Crippen LogP) is 1.75. The second-order valence-electron chi connectivity index (χ2n) is 5.40. The molecule has 6 heteroatoms. The third-order valence-corrected chi connectivity index (χ3v) is 3.91. The first-order valence-corrected chi connectivity index (χ1v) is 7.82. The van der Waals surface area contributed by atoms with E-state index in [0.29, 0.717) is 6.61 Å². The van der Waals surface area contributed by atoms with Crippen LogP contribution in [0.4, 0.5) is 4.79 Å². The Bertz CT molecular complexity index is 447. The van der Waals surface area contributed by atoms with Crippen molar-refractivity contribution in [1.82, 2.24) is 19.4 Å². The minimum absolute atomic E-state index is 0.173. The number of nitrogens with zero attached hydrogens (tertiary/aromatic N) is 4. The van der Waals surface area contributed by atoms with Crippen LogP contribution >= 0.6 is 0 Å². The van der Waals surface area contributed by atoms with Crippen LogP contribution in [-0.4, -0.2) is 64.8 Å². The molecule has 118 valence electrons. The van der Waals surface area contributed by atoms with E-state index < -0.39 is 0 Å². The smallest absolute Gasteiger partial charge is 0.409 e. The van der Waals surface area contributed by atoms with Crippen LogP contribution in [0.3, 0.4) is 0 Å². The van der Waals surface area contributed by atoms with Crippen molar-refractivity contribution in [2.75, 3.05) is 39.3 Å². The second-order valence-corrected chi connectivity index (χ2v) is 5.40. The van der Waals surface area contributed by atoms with Crippen molar-refractivity contribution in [1.29, 1.82) is 0 Å². The maximum atomic E-state index is 11.7. The van der Waals surface area contributed by atoms with E-state index in [1.165, 1.54) is 0 Å². The molecule has 1 amide bonds. The van der Waals surface area contributed by atoms with Gasteiger partial charge in [0.25, 0.3) is 0 Å². The Morgan fingerprint density at radius 2 is 2.14 bits per heavy atom. The fraction of sp³-hybridized carbons (Fsp3) is 0.733. The van der Waals surface area contributed by atoms with E-state index in [0.717, 1.165) is 57.9 Å². The first-order chi connectivity index (χ1) is 10.2. The minimum Gasteiger partial charge on any atom is -0.450 e. The summed E-state index contributed by atoms with van der Waals surface area (Å²) in [6.07, 6.45) is 5.83. The van der Waals surface area contributed by atoms with Gasteiger partial charge in [-0.3, -0.25) is 0 Å². The maximum absolute atomic E-state index is 11.7. The van der Waals surface area contributed by atoms with Crippen LogP contribution in [0.2, 0.25) is 0 Å². The molecular formula is C15H26N4O2. The van der Waals surface area contributed by atoms with Crippen molar-refractivity contribution in [3.63, 3.8) is 0 Å². The molecular weight excluding hydrogens is 268 g/mol. The van der Waals surface area contributed by atoms with Gasteiger partial charge in [0.05, 0.1) is 6.61 Å². The molecule has 0 saturated carbocycles. The highest BCUT2D eigenvalue weighted by atomic mass is 16.6. The molecule has 0 N–H and O–H groups in total. The number of hydrogen-bond acceptors (Lipinski definition) is 4. The van der Waals surface area contributed by atoms with E-state index in [2.05, 4.69) is 14.5 Å². The molecule has 0 spiro atoms. The molecule has 1 fully saturated rings. The fourth-order valence-electron chi connectivity index (χ4n) is 2.70. The molecule has 0 radical (unpaired) electrons. The van der Waals surface area contributed by atoms with E-state index >= 15 is 0 Å². The molecule has 21 heavy (non-hydrogen) atoms. The zero-order valence-electron chi connectivity index (χ0n) is 13.1. The topological polar surface area (TPSA) is 50.6 Å². The minimum atomic E-state index is -0.173. The molecule has 0 aliphatic carbocycles. The third kappa shape index (κ3) is 4.74. The van der Waals surface area contributed by atoms with Gasteiger partial charge in [0.2, 0.25) is 0 Å². The second kappa shape index (κ2) is 8.02. The molecule has 1 aliphatic rings. The van der Waals surface area contributed by atoms with E-state index in [-0.39, 0.29) is 6.09 Å². The fourth-order valence-corrected chi connectivity index (χ4v) is 2.70. The highest BCUT2D eigenvalue weighted by Gasteiger charge is 2.19. The van der Waals surface area contributed by atoms with Crippen LogP contribution in [0, 0.1) is 6.92 Å². The SMILES string of the molecule is CCOC(=O)N1CCCN(CCCn2ccnc2C)CC1. The Morgan fingerprint density at radius 3 is 2.86 bits per heavy atom. The number of hydrogen-bond donors (Lipinski definition) is 0. The number of rotatable bonds is 5. The summed E-state index contributed by atoms with van der Waals surface area (Å²) in [6.45, 7) is 9.95. The van der Waals surface area contributed by atoms with E-state index in [1.54, 1.807) is 0 Å². The number of carbonyl (C=O) groups excluding carboxylic acids is 1. The number of imidazole rings is 1. The van der Waals surface area contributed by atoms with Gasteiger partial charge in [-0.25, -0.2) is 9.78 Å². The van der Waals surface area contributed by atoms with Gasteiger partial charge >= 0.3 is 6.09 Å². The van der Waals surface area contributed by atoms with Crippen molar-refractivity contribution in [2.45, 2.75) is 33.2 Å². The van der Waals surface area contributed by atoms with E-state index in [9.17, 15) is 4.79 Å².